The highest BCUT2D eigenvalue weighted by atomic mass is 32.1. The van der Waals surface area contributed by atoms with Crippen molar-refractivity contribution in [2.24, 2.45) is 5.73 Å². The molecule has 18 heavy (non-hydrogen) atoms. The minimum absolute atomic E-state index is 0.571. The molecule has 0 bridgehead atoms. The smallest absolute Gasteiger partial charge is 0.212 e. The van der Waals surface area contributed by atoms with Crippen LogP contribution in [0.2, 0.25) is 0 Å². The van der Waals surface area contributed by atoms with Crippen LogP contribution >= 0.6 is 11.3 Å². The summed E-state index contributed by atoms with van der Waals surface area (Å²) in [4.78, 5) is 10.00. The Bertz CT molecular complexity index is 486. The van der Waals surface area contributed by atoms with Crippen molar-refractivity contribution < 1.29 is 4.74 Å². The van der Waals surface area contributed by atoms with Crippen molar-refractivity contribution in [1.82, 2.24) is 9.97 Å². The second kappa shape index (κ2) is 5.93. The highest BCUT2D eigenvalue weighted by molar-refractivity contribution is 7.11. The van der Waals surface area contributed by atoms with Gasteiger partial charge in [0.05, 0.1) is 17.8 Å². The third-order valence-corrected chi connectivity index (χ3v) is 3.82. The average Bonchev–Trinajstić information content (AvgIpc) is 2.81. The number of pyridine rings is 1. The fraction of sp³-hybridized carbons (Fsp3) is 0.385. The molecule has 2 rings (SSSR count). The molecule has 96 valence electrons. The summed E-state index contributed by atoms with van der Waals surface area (Å²) in [5.41, 5.74) is 7.97. The van der Waals surface area contributed by atoms with Crippen LogP contribution in [0, 0.1) is 0 Å². The number of aromatic nitrogens is 2. The van der Waals surface area contributed by atoms with Gasteiger partial charge in [0.2, 0.25) is 5.88 Å². The van der Waals surface area contributed by atoms with E-state index in [0.29, 0.717) is 12.4 Å². The van der Waals surface area contributed by atoms with Crippen molar-refractivity contribution in [1.29, 1.82) is 0 Å². The van der Waals surface area contributed by atoms with Crippen molar-refractivity contribution in [3.8, 4) is 5.88 Å². The van der Waals surface area contributed by atoms with E-state index in [2.05, 4.69) is 16.9 Å². The van der Waals surface area contributed by atoms with Gasteiger partial charge in [-0.2, -0.15) is 0 Å². The predicted molar refractivity (Wildman–Crippen MR) is 73.0 cm³/mol. The van der Waals surface area contributed by atoms with E-state index in [1.165, 1.54) is 4.88 Å². The largest absolute Gasteiger partial charge is 0.481 e. The van der Waals surface area contributed by atoms with Crippen LogP contribution in [-0.4, -0.2) is 17.1 Å². The maximum atomic E-state index is 5.71. The number of hydrogen-bond acceptors (Lipinski definition) is 5. The van der Waals surface area contributed by atoms with Crippen LogP contribution in [0.5, 0.6) is 5.88 Å². The fourth-order valence-electron chi connectivity index (χ4n) is 1.76. The molecule has 4 nitrogen and oxygen atoms in total. The molecular weight excluding hydrogens is 246 g/mol. The van der Waals surface area contributed by atoms with Gasteiger partial charge in [-0.3, -0.25) is 0 Å². The number of aryl methyl sites for hydroxylation is 1. The lowest BCUT2D eigenvalue weighted by molar-refractivity contribution is 0.397. The van der Waals surface area contributed by atoms with Gasteiger partial charge in [-0.15, -0.1) is 11.3 Å². The summed E-state index contributed by atoms with van der Waals surface area (Å²) >= 11 is 1.69. The van der Waals surface area contributed by atoms with Gasteiger partial charge in [0, 0.05) is 30.1 Å². The van der Waals surface area contributed by atoms with Gasteiger partial charge in [0.15, 0.2) is 0 Å². The normalized spacial score (nSPS) is 10.6. The first-order chi connectivity index (χ1) is 8.76. The molecule has 0 radical (unpaired) electrons. The molecule has 0 aliphatic rings. The van der Waals surface area contributed by atoms with Crippen LogP contribution in [0.15, 0.2) is 18.3 Å². The maximum Gasteiger partial charge on any atom is 0.212 e. The fourth-order valence-corrected chi connectivity index (χ4v) is 2.83. The topological polar surface area (TPSA) is 61.0 Å². The van der Waals surface area contributed by atoms with E-state index < -0.39 is 0 Å². The molecule has 0 atom stereocenters. The third-order valence-electron chi connectivity index (χ3n) is 2.70. The van der Waals surface area contributed by atoms with E-state index >= 15 is 0 Å². The summed E-state index contributed by atoms with van der Waals surface area (Å²) < 4.78 is 5.04. The first kappa shape index (κ1) is 13.0. The molecule has 0 saturated heterocycles. The van der Waals surface area contributed by atoms with E-state index in [9.17, 15) is 0 Å². The van der Waals surface area contributed by atoms with Crippen LogP contribution < -0.4 is 10.5 Å². The minimum atomic E-state index is 0.571. The van der Waals surface area contributed by atoms with Crippen LogP contribution in [0.3, 0.4) is 0 Å². The Morgan fingerprint density at radius 3 is 2.72 bits per heavy atom. The van der Waals surface area contributed by atoms with Crippen molar-refractivity contribution in [3.63, 3.8) is 0 Å². The van der Waals surface area contributed by atoms with Gasteiger partial charge in [-0.25, -0.2) is 9.97 Å². The Labute approximate surface area is 111 Å². The quantitative estimate of drug-likeness (QED) is 0.898. The van der Waals surface area contributed by atoms with Crippen molar-refractivity contribution >= 4 is 11.3 Å². The van der Waals surface area contributed by atoms with Crippen molar-refractivity contribution in [3.05, 3.63) is 39.5 Å². The standard InChI is InChI=1S/C13H17N3OS/c1-3-10-11(7-14)18-13(16-10)6-9-4-5-12(17-2)15-8-9/h4-5,8H,3,6-7,14H2,1-2H3. The Morgan fingerprint density at radius 1 is 1.39 bits per heavy atom. The summed E-state index contributed by atoms with van der Waals surface area (Å²) in [7, 11) is 1.61. The number of methoxy groups -OCH3 is 1. The molecule has 0 aromatic carbocycles. The number of ether oxygens (including phenoxy) is 1. The Balaban J connectivity index is 2.14. The van der Waals surface area contributed by atoms with Crippen LogP contribution in [0.1, 0.15) is 28.1 Å². The Hall–Kier alpha value is -1.46. The van der Waals surface area contributed by atoms with Gasteiger partial charge in [0.1, 0.15) is 0 Å². The lowest BCUT2D eigenvalue weighted by Gasteiger charge is -2.00. The summed E-state index contributed by atoms with van der Waals surface area (Å²) in [6.45, 7) is 2.68. The summed E-state index contributed by atoms with van der Waals surface area (Å²) in [5, 5.41) is 1.10. The molecule has 2 N–H and O–H groups in total. The van der Waals surface area contributed by atoms with E-state index in [1.54, 1.807) is 18.4 Å². The third kappa shape index (κ3) is 2.86. The molecule has 0 unspecified atom stereocenters. The molecular formula is C13H17N3OS. The number of thiazole rings is 1. The molecule has 0 fully saturated rings. The number of rotatable bonds is 5. The van der Waals surface area contributed by atoms with E-state index in [0.717, 1.165) is 29.1 Å². The Morgan fingerprint density at radius 2 is 2.22 bits per heavy atom. The van der Waals surface area contributed by atoms with Crippen LogP contribution in [-0.2, 0) is 19.4 Å². The summed E-state index contributed by atoms with van der Waals surface area (Å²) in [6.07, 6.45) is 3.56. The van der Waals surface area contributed by atoms with Crippen molar-refractivity contribution in [2.75, 3.05) is 7.11 Å². The number of hydrogen-bond donors (Lipinski definition) is 1. The first-order valence-corrected chi connectivity index (χ1v) is 6.75. The lowest BCUT2D eigenvalue weighted by Crippen LogP contribution is -1.97. The van der Waals surface area contributed by atoms with Crippen LogP contribution in [0.4, 0.5) is 0 Å². The van der Waals surface area contributed by atoms with Crippen molar-refractivity contribution in [2.45, 2.75) is 26.3 Å². The van der Waals surface area contributed by atoms with Crippen LogP contribution in [0.25, 0.3) is 0 Å². The maximum absolute atomic E-state index is 5.71. The second-order valence-electron chi connectivity index (χ2n) is 3.92. The highest BCUT2D eigenvalue weighted by Crippen LogP contribution is 2.21. The average molecular weight is 263 g/mol. The molecule has 2 heterocycles. The van der Waals surface area contributed by atoms with Gasteiger partial charge in [-0.1, -0.05) is 13.0 Å². The number of nitrogens with zero attached hydrogens (tertiary/aromatic N) is 2. The van der Waals surface area contributed by atoms with Gasteiger partial charge in [0.25, 0.3) is 0 Å². The zero-order chi connectivity index (χ0) is 13.0. The van der Waals surface area contributed by atoms with Gasteiger partial charge in [-0.05, 0) is 12.0 Å². The van der Waals surface area contributed by atoms with E-state index in [-0.39, 0.29) is 0 Å². The lowest BCUT2D eigenvalue weighted by atomic mass is 10.2. The SMILES string of the molecule is CCc1nc(Cc2ccc(OC)nc2)sc1CN. The van der Waals surface area contributed by atoms with Gasteiger partial charge >= 0.3 is 0 Å². The van der Waals surface area contributed by atoms with E-state index in [1.807, 2.05) is 18.3 Å². The first-order valence-electron chi connectivity index (χ1n) is 5.93. The zero-order valence-electron chi connectivity index (χ0n) is 10.6. The zero-order valence-corrected chi connectivity index (χ0v) is 11.5. The monoisotopic (exact) mass is 263 g/mol. The second-order valence-corrected chi connectivity index (χ2v) is 5.09. The molecule has 0 spiro atoms. The summed E-state index contributed by atoms with van der Waals surface area (Å²) in [5.74, 6) is 0.634. The minimum Gasteiger partial charge on any atom is -0.481 e. The van der Waals surface area contributed by atoms with E-state index in [4.69, 9.17) is 10.5 Å². The molecule has 0 aliphatic carbocycles. The molecule has 5 heteroatoms. The molecule has 2 aromatic rings. The molecule has 2 aromatic heterocycles. The summed E-state index contributed by atoms with van der Waals surface area (Å²) in [6, 6.07) is 3.88. The highest BCUT2D eigenvalue weighted by Gasteiger charge is 2.09. The number of nitrogens with two attached hydrogens (primary N) is 1. The molecule has 0 saturated carbocycles. The predicted octanol–water partition coefficient (Wildman–Crippen LogP) is 2.16. The molecule has 0 amide bonds. The molecule has 0 aliphatic heterocycles. The Kier molecular flexibility index (Phi) is 4.28. The van der Waals surface area contributed by atoms with Gasteiger partial charge < -0.3 is 10.5 Å².